The van der Waals surface area contributed by atoms with E-state index >= 15 is 0 Å². The van der Waals surface area contributed by atoms with E-state index in [1.165, 1.54) is 6.33 Å². The van der Waals surface area contributed by atoms with Crippen molar-refractivity contribution in [1.82, 2.24) is 14.9 Å². The second-order valence-corrected chi connectivity index (χ2v) is 4.51. The summed E-state index contributed by atoms with van der Waals surface area (Å²) in [5.41, 5.74) is 6.29. The molecule has 1 aliphatic heterocycles. The van der Waals surface area contributed by atoms with Gasteiger partial charge in [-0.2, -0.15) is 0 Å². The van der Waals surface area contributed by atoms with E-state index < -0.39 is 0 Å². The summed E-state index contributed by atoms with van der Waals surface area (Å²) in [5, 5.41) is 0. The number of aromatic nitrogens is 2. The smallest absolute Gasteiger partial charge is 0.257 e. The van der Waals surface area contributed by atoms with Crippen LogP contribution >= 0.6 is 0 Å². The summed E-state index contributed by atoms with van der Waals surface area (Å²) in [6.45, 7) is 2.59. The van der Waals surface area contributed by atoms with Crippen molar-refractivity contribution in [2.24, 2.45) is 5.73 Å². The van der Waals surface area contributed by atoms with Gasteiger partial charge in [-0.1, -0.05) is 0 Å². The van der Waals surface area contributed by atoms with Crippen molar-refractivity contribution in [3.63, 3.8) is 0 Å². The molecule has 1 aromatic heterocycles. The van der Waals surface area contributed by atoms with Crippen LogP contribution in [0.4, 0.5) is 0 Å². The molecule has 5 heteroatoms. The standard InChI is InChI=1S/C12H18N4O/c1-9-3-2-4-11(5-13)16(9)12(17)10-6-14-8-15-7-10/h6-9,11H,2-5,13H2,1H3. The molecule has 2 N–H and O–H groups in total. The number of hydrogen-bond acceptors (Lipinski definition) is 4. The predicted molar refractivity (Wildman–Crippen MR) is 64.4 cm³/mol. The first kappa shape index (κ1) is 12.0. The van der Waals surface area contributed by atoms with E-state index in [4.69, 9.17) is 5.73 Å². The summed E-state index contributed by atoms with van der Waals surface area (Å²) in [6, 6.07) is 0.386. The zero-order chi connectivity index (χ0) is 12.3. The van der Waals surface area contributed by atoms with E-state index in [0.29, 0.717) is 12.1 Å². The Morgan fingerprint density at radius 1 is 1.47 bits per heavy atom. The highest BCUT2D eigenvalue weighted by Gasteiger charge is 2.31. The fraction of sp³-hybridized carbons (Fsp3) is 0.583. The molecule has 17 heavy (non-hydrogen) atoms. The zero-order valence-corrected chi connectivity index (χ0v) is 10.0. The molecule has 0 aliphatic carbocycles. The number of carbonyl (C=O) groups excluding carboxylic acids is 1. The summed E-state index contributed by atoms with van der Waals surface area (Å²) in [4.78, 5) is 22.0. The Morgan fingerprint density at radius 2 is 2.18 bits per heavy atom. The Hall–Kier alpha value is -1.49. The van der Waals surface area contributed by atoms with Crippen LogP contribution in [0.5, 0.6) is 0 Å². The van der Waals surface area contributed by atoms with E-state index in [1.54, 1.807) is 12.4 Å². The molecule has 2 heterocycles. The molecule has 0 aromatic carbocycles. The van der Waals surface area contributed by atoms with Gasteiger partial charge in [-0.15, -0.1) is 0 Å². The van der Waals surface area contributed by atoms with Crippen LogP contribution < -0.4 is 5.73 Å². The number of hydrogen-bond donors (Lipinski definition) is 1. The first-order valence-corrected chi connectivity index (χ1v) is 6.01. The van der Waals surface area contributed by atoms with Gasteiger partial charge in [0.15, 0.2) is 0 Å². The number of nitrogens with two attached hydrogens (primary N) is 1. The average molecular weight is 234 g/mol. The fourth-order valence-electron chi connectivity index (χ4n) is 2.44. The monoisotopic (exact) mass is 234 g/mol. The Kier molecular flexibility index (Phi) is 3.68. The Balaban J connectivity index is 2.21. The highest BCUT2D eigenvalue weighted by Crippen LogP contribution is 2.23. The second-order valence-electron chi connectivity index (χ2n) is 4.51. The van der Waals surface area contributed by atoms with Crippen molar-refractivity contribution in [2.45, 2.75) is 38.3 Å². The van der Waals surface area contributed by atoms with Gasteiger partial charge in [-0.05, 0) is 26.2 Å². The van der Waals surface area contributed by atoms with Crippen LogP contribution in [-0.4, -0.2) is 39.4 Å². The lowest BCUT2D eigenvalue weighted by atomic mass is 9.95. The molecule has 1 fully saturated rings. The average Bonchev–Trinajstić information content (AvgIpc) is 2.38. The van der Waals surface area contributed by atoms with Crippen molar-refractivity contribution in [3.8, 4) is 0 Å². The lowest BCUT2D eigenvalue weighted by molar-refractivity contribution is 0.0493. The van der Waals surface area contributed by atoms with Crippen LogP contribution in [0, 0.1) is 0 Å². The molecule has 0 spiro atoms. The van der Waals surface area contributed by atoms with Crippen molar-refractivity contribution < 1.29 is 4.79 Å². The third-order valence-corrected chi connectivity index (χ3v) is 3.34. The maximum absolute atomic E-state index is 12.4. The molecule has 2 atom stereocenters. The molecule has 2 unspecified atom stereocenters. The maximum atomic E-state index is 12.4. The molecule has 0 bridgehead atoms. The minimum Gasteiger partial charge on any atom is -0.332 e. The summed E-state index contributed by atoms with van der Waals surface area (Å²) in [6.07, 6.45) is 7.71. The molecule has 0 radical (unpaired) electrons. The van der Waals surface area contributed by atoms with Gasteiger partial charge in [0.25, 0.3) is 5.91 Å². The van der Waals surface area contributed by atoms with Gasteiger partial charge in [0.2, 0.25) is 0 Å². The summed E-state index contributed by atoms with van der Waals surface area (Å²) >= 11 is 0. The molecular weight excluding hydrogens is 216 g/mol. The van der Waals surface area contributed by atoms with Gasteiger partial charge in [0.05, 0.1) is 5.56 Å². The van der Waals surface area contributed by atoms with Crippen molar-refractivity contribution in [3.05, 3.63) is 24.3 Å². The lowest BCUT2D eigenvalue weighted by Gasteiger charge is -2.40. The molecule has 5 nitrogen and oxygen atoms in total. The van der Waals surface area contributed by atoms with Gasteiger partial charge in [-0.3, -0.25) is 4.79 Å². The Morgan fingerprint density at radius 3 is 2.82 bits per heavy atom. The van der Waals surface area contributed by atoms with E-state index in [-0.39, 0.29) is 18.0 Å². The van der Waals surface area contributed by atoms with Gasteiger partial charge in [0.1, 0.15) is 6.33 Å². The molecule has 1 saturated heterocycles. The van der Waals surface area contributed by atoms with Crippen LogP contribution in [0.25, 0.3) is 0 Å². The maximum Gasteiger partial charge on any atom is 0.257 e. The van der Waals surface area contributed by atoms with E-state index in [9.17, 15) is 4.79 Å². The molecule has 92 valence electrons. The number of nitrogens with zero attached hydrogens (tertiary/aromatic N) is 3. The SMILES string of the molecule is CC1CCCC(CN)N1C(=O)c1cncnc1. The molecule has 1 amide bonds. The van der Waals surface area contributed by atoms with Crippen LogP contribution in [0.3, 0.4) is 0 Å². The zero-order valence-electron chi connectivity index (χ0n) is 10.0. The number of piperidine rings is 1. The van der Waals surface area contributed by atoms with Gasteiger partial charge < -0.3 is 10.6 Å². The van der Waals surface area contributed by atoms with Crippen LogP contribution in [0.2, 0.25) is 0 Å². The van der Waals surface area contributed by atoms with Crippen LogP contribution in [-0.2, 0) is 0 Å². The highest BCUT2D eigenvalue weighted by atomic mass is 16.2. The van der Waals surface area contributed by atoms with Crippen LogP contribution in [0.1, 0.15) is 36.5 Å². The van der Waals surface area contributed by atoms with Gasteiger partial charge >= 0.3 is 0 Å². The molecule has 1 aliphatic rings. The number of likely N-dealkylation sites (tertiary alicyclic amines) is 1. The minimum absolute atomic E-state index is 0.00625. The highest BCUT2D eigenvalue weighted by molar-refractivity contribution is 5.94. The van der Waals surface area contributed by atoms with E-state index in [2.05, 4.69) is 16.9 Å². The van der Waals surface area contributed by atoms with Crippen molar-refractivity contribution in [2.75, 3.05) is 6.54 Å². The van der Waals surface area contributed by atoms with E-state index in [0.717, 1.165) is 19.3 Å². The first-order valence-electron chi connectivity index (χ1n) is 6.01. The predicted octanol–water partition coefficient (Wildman–Crippen LogP) is 0.818. The largest absolute Gasteiger partial charge is 0.332 e. The molecular formula is C12H18N4O. The quantitative estimate of drug-likeness (QED) is 0.822. The second kappa shape index (κ2) is 5.23. The Labute approximate surface area is 101 Å². The molecule has 0 saturated carbocycles. The van der Waals surface area contributed by atoms with Crippen molar-refractivity contribution >= 4 is 5.91 Å². The van der Waals surface area contributed by atoms with Crippen LogP contribution in [0.15, 0.2) is 18.7 Å². The van der Waals surface area contributed by atoms with Gasteiger partial charge in [0, 0.05) is 31.0 Å². The van der Waals surface area contributed by atoms with Crippen molar-refractivity contribution in [1.29, 1.82) is 0 Å². The first-order chi connectivity index (χ1) is 8.24. The lowest BCUT2D eigenvalue weighted by Crippen LogP contribution is -2.51. The summed E-state index contributed by atoms with van der Waals surface area (Å²) < 4.78 is 0. The Bertz CT molecular complexity index is 381. The number of amides is 1. The molecule has 2 rings (SSSR count). The number of rotatable bonds is 2. The summed E-state index contributed by atoms with van der Waals surface area (Å²) in [5.74, 6) is -0.00625. The normalized spacial score (nSPS) is 24.7. The summed E-state index contributed by atoms with van der Waals surface area (Å²) in [7, 11) is 0. The molecule has 1 aromatic rings. The fourth-order valence-corrected chi connectivity index (χ4v) is 2.44. The minimum atomic E-state index is -0.00625. The van der Waals surface area contributed by atoms with Gasteiger partial charge in [-0.25, -0.2) is 9.97 Å². The third-order valence-electron chi connectivity index (χ3n) is 3.34. The topological polar surface area (TPSA) is 72.1 Å². The van der Waals surface area contributed by atoms with E-state index in [1.807, 2.05) is 4.90 Å². The third kappa shape index (κ3) is 2.44. The number of carbonyl (C=O) groups is 1.